The maximum Gasteiger partial charge on any atom is 0.0845 e. The lowest BCUT2D eigenvalue weighted by molar-refractivity contribution is 0.146. The van der Waals surface area contributed by atoms with Gasteiger partial charge in [0.05, 0.1) is 11.5 Å². The predicted octanol–water partition coefficient (Wildman–Crippen LogP) is 8.47. The van der Waals surface area contributed by atoms with Crippen LogP contribution in [-0.2, 0) is 5.41 Å². The first kappa shape index (κ1) is 25.2. The highest BCUT2D eigenvalue weighted by Crippen LogP contribution is 2.38. The van der Waals surface area contributed by atoms with Gasteiger partial charge in [-0.1, -0.05) is 103 Å². The molecule has 0 saturated carbocycles. The smallest absolute Gasteiger partial charge is 0.0845 e. The molecule has 0 aliphatic carbocycles. The van der Waals surface area contributed by atoms with Gasteiger partial charge in [0.15, 0.2) is 0 Å². The molecule has 3 aromatic rings. The molecule has 3 unspecified atom stereocenters. The zero-order chi connectivity index (χ0) is 23.8. The Labute approximate surface area is 208 Å². The lowest BCUT2D eigenvalue weighted by Crippen LogP contribution is -2.35. The van der Waals surface area contributed by atoms with Crippen LogP contribution in [0.5, 0.6) is 0 Å². The van der Waals surface area contributed by atoms with Crippen LogP contribution in [0.2, 0.25) is 0 Å². The molecule has 0 heterocycles. The number of benzene rings is 3. The Morgan fingerprint density at radius 2 is 1.27 bits per heavy atom. The van der Waals surface area contributed by atoms with E-state index in [1.54, 1.807) is 0 Å². The molecule has 0 aliphatic heterocycles. The Bertz CT molecular complexity index is 979. The molecule has 3 aromatic carbocycles. The molecule has 3 rings (SSSR count). The van der Waals surface area contributed by atoms with E-state index in [9.17, 15) is 5.26 Å². The highest BCUT2D eigenvalue weighted by molar-refractivity contribution is 9.10. The van der Waals surface area contributed by atoms with Crippen LogP contribution in [0.25, 0.3) is 0 Å². The van der Waals surface area contributed by atoms with Crippen molar-refractivity contribution in [3.8, 4) is 6.07 Å². The minimum atomic E-state index is -0.488. The monoisotopic (exact) mass is 502 g/mol. The zero-order valence-electron chi connectivity index (χ0n) is 20.2. The maximum atomic E-state index is 10.3. The molecule has 33 heavy (non-hydrogen) atoms. The van der Waals surface area contributed by atoms with Crippen LogP contribution in [-0.4, -0.2) is 11.4 Å². The van der Waals surface area contributed by atoms with Gasteiger partial charge in [-0.15, -0.1) is 0 Å². The van der Waals surface area contributed by atoms with Crippen LogP contribution < -0.4 is 0 Å². The average Bonchev–Trinajstić information content (AvgIpc) is 2.85. The van der Waals surface area contributed by atoms with Crippen molar-refractivity contribution in [1.29, 1.82) is 5.26 Å². The third kappa shape index (κ3) is 5.94. The SMILES string of the molecule is CC(c1ccccc1)N(CCCC(C#N)(c1ccc(Br)cc1)C(C)C)C(C)c1ccccc1. The summed E-state index contributed by atoms with van der Waals surface area (Å²) in [7, 11) is 0. The van der Waals surface area contributed by atoms with Crippen LogP contribution in [0.3, 0.4) is 0 Å². The molecular formula is C30H35BrN2. The first-order valence-corrected chi connectivity index (χ1v) is 12.7. The summed E-state index contributed by atoms with van der Waals surface area (Å²) in [6.45, 7) is 9.86. The number of nitrogens with zero attached hydrogens (tertiary/aromatic N) is 2. The summed E-state index contributed by atoms with van der Waals surface area (Å²) in [5.41, 5.74) is 3.27. The Hall–Kier alpha value is -2.41. The standard InChI is InChI=1S/C30H35BrN2/c1-23(2)30(22-32,28-16-18-29(31)19-17-28)20-11-21-33(24(3)26-12-7-5-8-13-26)25(4)27-14-9-6-10-15-27/h5-10,12-19,23-25H,11,20-21H2,1-4H3. The topological polar surface area (TPSA) is 27.0 Å². The summed E-state index contributed by atoms with van der Waals surface area (Å²) in [4.78, 5) is 2.58. The van der Waals surface area contributed by atoms with Crippen LogP contribution in [0.1, 0.15) is 69.3 Å². The number of hydrogen-bond acceptors (Lipinski definition) is 2. The molecule has 3 heteroatoms. The van der Waals surface area contributed by atoms with E-state index in [0.717, 1.165) is 29.4 Å². The van der Waals surface area contributed by atoms with E-state index in [4.69, 9.17) is 0 Å². The Kier molecular flexibility index (Phi) is 8.89. The molecule has 172 valence electrons. The predicted molar refractivity (Wildman–Crippen MR) is 142 cm³/mol. The summed E-state index contributed by atoms with van der Waals surface area (Å²) in [6.07, 6.45) is 1.79. The van der Waals surface area contributed by atoms with Crippen molar-refractivity contribution < 1.29 is 0 Å². The number of hydrogen-bond donors (Lipinski definition) is 0. The summed E-state index contributed by atoms with van der Waals surface area (Å²) in [6, 6.07) is 33.0. The normalized spacial score (nSPS) is 15.1. The van der Waals surface area contributed by atoms with Gasteiger partial charge in [-0.3, -0.25) is 4.90 Å². The van der Waals surface area contributed by atoms with E-state index in [1.807, 2.05) is 12.1 Å². The van der Waals surface area contributed by atoms with Gasteiger partial charge in [0, 0.05) is 16.6 Å². The van der Waals surface area contributed by atoms with Crippen molar-refractivity contribution in [3.05, 3.63) is 106 Å². The first-order valence-electron chi connectivity index (χ1n) is 11.9. The second-order valence-electron chi connectivity index (χ2n) is 9.26. The average molecular weight is 504 g/mol. The van der Waals surface area contributed by atoms with E-state index in [2.05, 4.69) is 127 Å². The van der Waals surface area contributed by atoms with Crippen LogP contribution in [0.4, 0.5) is 0 Å². The zero-order valence-corrected chi connectivity index (χ0v) is 21.8. The first-order chi connectivity index (χ1) is 15.9. The van der Waals surface area contributed by atoms with Crippen molar-refractivity contribution in [2.24, 2.45) is 5.92 Å². The third-order valence-corrected chi connectivity index (χ3v) is 7.62. The number of halogens is 1. The third-order valence-electron chi connectivity index (χ3n) is 7.09. The molecule has 0 aliphatic rings. The lowest BCUT2D eigenvalue weighted by atomic mass is 9.70. The fourth-order valence-electron chi connectivity index (χ4n) is 4.87. The van der Waals surface area contributed by atoms with Gasteiger partial charge in [-0.25, -0.2) is 0 Å². The Balaban J connectivity index is 1.84. The largest absolute Gasteiger partial charge is 0.290 e. The van der Waals surface area contributed by atoms with Crippen LogP contribution in [0, 0.1) is 17.2 Å². The quantitative estimate of drug-likeness (QED) is 0.277. The summed E-state index contributed by atoms with van der Waals surface area (Å²) in [5.74, 6) is 0.232. The molecule has 0 radical (unpaired) electrons. The summed E-state index contributed by atoms with van der Waals surface area (Å²) >= 11 is 3.53. The molecule has 0 N–H and O–H groups in total. The van der Waals surface area contributed by atoms with Gasteiger partial charge in [0.1, 0.15) is 0 Å². The molecule has 3 atom stereocenters. The van der Waals surface area contributed by atoms with E-state index in [0.29, 0.717) is 0 Å². The highest BCUT2D eigenvalue weighted by Gasteiger charge is 2.36. The van der Waals surface area contributed by atoms with E-state index in [-0.39, 0.29) is 18.0 Å². The van der Waals surface area contributed by atoms with Gasteiger partial charge >= 0.3 is 0 Å². The van der Waals surface area contributed by atoms with E-state index >= 15 is 0 Å². The van der Waals surface area contributed by atoms with E-state index in [1.165, 1.54) is 11.1 Å². The molecule has 0 fully saturated rings. The molecule has 0 aromatic heterocycles. The van der Waals surface area contributed by atoms with Gasteiger partial charge in [0.25, 0.3) is 0 Å². The number of nitriles is 1. The van der Waals surface area contributed by atoms with Gasteiger partial charge < -0.3 is 0 Å². The fourth-order valence-corrected chi connectivity index (χ4v) is 5.14. The molecule has 0 saturated heterocycles. The molecular weight excluding hydrogens is 468 g/mol. The minimum Gasteiger partial charge on any atom is -0.290 e. The van der Waals surface area contributed by atoms with Crippen molar-refractivity contribution >= 4 is 15.9 Å². The second kappa shape index (κ2) is 11.6. The van der Waals surface area contributed by atoms with Gasteiger partial charge in [0.2, 0.25) is 0 Å². The maximum absolute atomic E-state index is 10.3. The van der Waals surface area contributed by atoms with Crippen molar-refractivity contribution in [1.82, 2.24) is 4.90 Å². The second-order valence-corrected chi connectivity index (χ2v) is 10.2. The fraction of sp³-hybridized carbons (Fsp3) is 0.367. The van der Waals surface area contributed by atoms with Crippen LogP contribution >= 0.6 is 15.9 Å². The lowest BCUT2D eigenvalue weighted by Gasteiger charge is -2.37. The molecule has 0 spiro atoms. The van der Waals surface area contributed by atoms with E-state index < -0.39 is 5.41 Å². The summed E-state index contributed by atoms with van der Waals surface area (Å²) < 4.78 is 1.04. The van der Waals surface area contributed by atoms with Gasteiger partial charge in [-0.05, 0) is 68.0 Å². The van der Waals surface area contributed by atoms with Gasteiger partial charge in [-0.2, -0.15) is 5.26 Å². The minimum absolute atomic E-state index is 0.232. The molecule has 2 nitrogen and oxygen atoms in total. The van der Waals surface area contributed by atoms with Crippen LogP contribution in [0.15, 0.2) is 89.4 Å². The highest BCUT2D eigenvalue weighted by atomic mass is 79.9. The summed E-state index contributed by atoms with van der Waals surface area (Å²) in [5, 5.41) is 10.3. The molecule has 0 bridgehead atoms. The van der Waals surface area contributed by atoms with Crippen molar-refractivity contribution in [3.63, 3.8) is 0 Å². The number of rotatable bonds is 10. The van der Waals surface area contributed by atoms with Crippen molar-refractivity contribution in [2.45, 2.75) is 58.0 Å². The Morgan fingerprint density at radius 1 is 0.788 bits per heavy atom. The molecule has 0 amide bonds. The van der Waals surface area contributed by atoms with Crippen molar-refractivity contribution in [2.75, 3.05) is 6.54 Å². The Morgan fingerprint density at radius 3 is 1.70 bits per heavy atom.